The van der Waals surface area contributed by atoms with Crippen molar-refractivity contribution in [2.45, 2.75) is 30.7 Å². The van der Waals surface area contributed by atoms with Crippen molar-refractivity contribution in [1.82, 2.24) is 10.2 Å². The number of amides is 2. The zero-order chi connectivity index (χ0) is 20.8. The zero-order valence-electron chi connectivity index (χ0n) is 15.1. The van der Waals surface area contributed by atoms with Gasteiger partial charge in [0.2, 0.25) is 0 Å². The molecule has 7 nitrogen and oxygen atoms in total. The minimum absolute atomic E-state index is 0.0931. The molecule has 2 heterocycles. The van der Waals surface area contributed by atoms with Gasteiger partial charge in [-0.05, 0) is 31.0 Å². The van der Waals surface area contributed by atoms with Gasteiger partial charge < -0.3 is 24.4 Å². The van der Waals surface area contributed by atoms with Crippen LogP contribution in [0.5, 0.6) is 5.75 Å². The second-order valence-electron chi connectivity index (χ2n) is 7.63. The lowest BCUT2D eigenvalue weighted by Crippen LogP contribution is -2.70. The molecule has 0 unspecified atom stereocenters. The van der Waals surface area contributed by atoms with Crippen LogP contribution in [-0.2, 0) is 15.7 Å². The number of carbonyl (C=O) groups is 2. The van der Waals surface area contributed by atoms with E-state index in [1.807, 2.05) is 0 Å². The fraction of sp³-hybridized carbons (Fsp3) is 0.556. The number of alkyl carbamates (subject to hydrolysis) is 1. The lowest BCUT2D eigenvalue weighted by molar-refractivity contribution is -0.137. The Morgan fingerprint density at radius 1 is 1.34 bits per heavy atom. The van der Waals surface area contributed by atoms with Crippen LogP contribution in [0.4, 0.5) is 22.8 Å². The number of carbonyl (C=O) groups excluding carboxylic acids is 2. The number of alkyl halides is 3. The summed E-state index contributed by atoms with van der Waals surface area (Å²) >= 11 is 5.88. The highest BCUT2D eigenvalue weighted by atomic mass is 35.5. The molecule has 11 heteroatoms. The normalized spacial score (nSPS) is 25.0. The first-order valence-electron chi connectivity index (χ1n) is 9.04. The summed E-state index contributed by atoms with van der Waals surface area (Å²) in [7, 11) is 0. The van der Waals surface area contributed by atoms with E-state index in [0.717, 1.165) is 12.1 Å². The van der Waals surface area contributed by atoms with Crippen molar-refractivity contribution >= 4 is 23.8 Å². The molecule has 3 fully saturated rings. The van der Waals surface area contributed by atoms with E-state index < -0.39 is 29.5 Å². The van der Waals surface area contributed by atoms with E-state index in [1.54, 1.807) is 0 Å². The molecule has 0 radical (unpaired) electrons. The Balaban J connectivity index is 1.17. The molecule has 2 aliphatic heterocycles. The first kappa shape index (κ1) is 19.9. The van der Waals surface area contributed by atoms with E-state index in [0.29, 0.717) is 25.9 Å². The second-order valence-corrected chi connectivity index (χ2v) is 8.04. The number of ether oxygens (including phenoxy) is 3. The molecular formula is C18H18ClF3N2O5. The first-order chi connectivity index (χ1) is 13.6. The fourth-order valence-electron chi connectivity index (χ4n) is 3.62. The largest absolute Gasteiger partial charge is 0.489 e. The van der Waals surface area contributed by atoms with Crippen LogP contribution in [0.2, 0.25) is 5.02 Å². The van der Waals surface area contributed by atoms with Crippen LogP contribution >= 0.6 is 11.6 Å². The molecule has 0 aromatic heterocycles. The van der Waals surface area contributed by atoms with Crippen molar-refractivity contribution in [2.24, 2.45) is 5.92 Å². The summed E-state index contributed by atoms with van der Waals surface area (Å²) in [6, 6.07) is 2.98. The number of halogens is 4. The van der Waals surface area contributed by atoms with Crippen LogP contribution in [0.15, 0.2) is 18.2 Å². The number of nitrogens with zero attached hydrogens (tertiary/aromatic N) is 1. The minimum Gasteiger partial charge on any atom is -0.489 e. The Morgan fingerprint density at radius 2 is 2.07 bits per heavy atom. The van der Waals surface area contributed by atoms with Crippen LogP contribution in [0, 0.1) is 5.92 Å². The zero-order valence-corrected chi connectivity index (χ0v) is 15.9. The third-order valence-electron chi connectivity index (χ3n) is 5.28. The second kappa shape index (κ2) is 7.16. The molecular weight excluding hydrogens is 417 g/mol. The number of likely N-dealkylation sites (tertiary alicyclic amines) is 1. The number of cyclic esters (lactones) is 1. The highest BCUT2D eigenvalue weighted by Gasteiger charge is 2.51. The maximum absolute atomic E-state index is 12.7. The predicted octanol–water partition coefficient (Wildman–Crippen LogP) is 3.45. The molecule has 2 amide bonds. The summed E-state index contributed by atoms with van der Waals surface area (Å²) in [5.74, 6) is 0.314. The lowest BCUT2D eigenvalue weighted by Gasteiger charge is -2.45. The fourth-order valence-corrected chi connectivity index (χ4v) is 3.84. The Bertz CT molecular complexity index is 822. The number of rotatable bonds is 4. The van der Waals surface area contributed by atoms with Crippen LogP contribution < -0.4 is 10.1 Å². The molecule has 2 saturated heterocycles. The highest BCUT2D eigenvalue weighted by molar-refractivity contribution is 6.32. The summed E-state index contributed by atoms with van der Waals surface area (Å²) in [4.78, 5) is 24.6. The van der Waals surface area contributed by atoms with Crippen molar-refractivity contribution in [3.8, 4) is 5.75 Å². The van der Waals surface area contributed by atoms with E-state index >= 15 is 0 Å². The SMILES string of the molecule is O=C1NC2(CO1)CN(C(=O)OC[C@H]1C[C@@H](Oc3ccc(C(F)(F)F)cc3Cl)C1)C2. The van der Waals surface area contributed by atoms with E-state index in [4.69, 9.17) is 25.8 Å². The maximum Gasteiger partial charge on any atom is 0.416 e. The molecule has 158 valence electrons. The van der Waals surface area contributed by atoms with Gasteiger partial charge in [0.05, 0.1) is 36.4 Å². The molecule has 29 heavy (non-hydrogen) atoms. The highest BCUT2D eigenvalue weighted by Crippen LogP contribution is 2.38. The van der Waals surface area contributed by atoms with Gasteiger partial charge in [0.1, 0.15) is 17.9 Å². The van der Waals surface area contributed by atoms with E-state index in [9.17, 15) is 22.8 Å². The summed E-state index contributed by atoms with van der Waals surface area (Å²) in [6.45, 7) is 1.16. The standard InChI is InChI=1S/C18H18ClF3N2O5/c19-13-5-11(18(20,21)22)1-2-14(13)29-12-3-10(4-12)6-27-16(26)24-7-17(8-24)9-28-15(25)23-17/h1-2,5,10,12H,3-4,6-9H2,(H,23,25)/t10-,12+. The maximum atomic E-state index is 12.7. The molecule has 0 atom stereocenters. The van der Waals surface area contributed by atoms with Gasteiger partial charge in [0, 0.05) is 5.92 Å². The molecule has 0 bridgehead atoms. The van der Waals surface area contributed by atoms with Gasteiger partial charge in [-0.25, -0.2) is 9.59 Å². The van der Waals surface area contributed by atoms with Crippen LogP contribution in [0.1, 0.15) is 18.4 Å². The van der Waals surface area contributed by atoms with Gasteiger partial charge in [-0.1, -0.05) is 11.6 Å². The molecule has 1 aromatic rings. The molecule has 1 saturated carbocycles. The van der Waals surface area contributed by atoms with E-state index in [2.05, 4.69) is 5.32 Å². The van der Waals surface area contributed by atoms with E-state index in [1.165, 1.54) is 11.0 Å². The van der Waals surface area contributed by atoms with E-state index in [-0.39, 0.29) is 36.0 Å². The Kier molecular flexibility index (Phi) is 4.92. The van der Waals surface area contributed by atoms with Gasteiger partial charge in [0.25, 0.3) is 0 Å². The number of nitrogens with one attached hydrogen (secondary N) is 1. The summed E-state index contributed by atoms with van der Waals surface area (Å²) < 4.78 is 53.7. The van der Waals surface area contributed by atoms with Gasteiger partial charge in [-0.15, -0.1) is 0 Å². The summed E-state index contributed by atoms with van der Waals surface area (Å²) in [5.41, 5.74) is -1.32. The van der Waals surface area contributed by atoms with Crippen molar-refractivity contribution in [3.05, 3.63) is 28.8 Å². The lowest BCUT2D eigenvalue weighted by atomic mass is 9.83. The van der Waals surface area contributed by atoms with Gasteiger partial charge in [0.15, 0.2) is 0 Å². The number of benzene rings is 1. The summed E-state index contributed by atoms with van der Waals surface area (Å²) in [5, 5.41) is 2.59. The molecule has 4 rings (SSSR count). The number of hydrogen-bond donors (Lipinski definition) is 1. The van der Waals surface area contributed by atoms with Gasteiger partial charge >= 0.3 is 18.4 Å². The van der Waals surface area contributed by atoms with Crippen molar-refractivity contribution in [1.29, 1.82) is 0 Å². The predicted molar refractivity (Wildman–Crippen MR) is 93.7 cm³/mol. The Morgan fingerprint density at radius 3 is 2.66 bits per heavy atom. The van der Waals surface area contributed by atoms with Crippen LogP contribution in [0.25, 0.3) is 0 Å². The topological polar surface area (TPSA) is 77.1 Å². The monoisotopic (exact) mass is 434 g/mol. The molecule has 1 spiro atoms. The molecule has 3 aliphatic rings. The third kappa shape index (κ3) is 4.17. The molecule has 1 aliphatic carbocycles. The first-order valence-corrected chi connectivity index (χ1v) is 9.41. The smallest absolute Gasteiger partial charge is 0.416 e. The average molecular weight is 435 g/mol. The quantitative estimate of drug-likeness (QED) is 0.785. The third-order valence-corrected chi connectivity index (χ3v) is 5.58. The van der Waals surface area contributed by atoms with Crippen LogP contribution in [0.3, 0.4) is 0 Å². The average Bonchev–Trinajstić information content (AvgIpc) is 2.97. The number of hydrogen-bond acceptors (Lipinski definition) is 5. The van der Waals surface area contributed by atoms with Crippen molar-refractivity contribution in [2.75, 3.05) is 26.3 Å². The molecule has 1 aromatic carbocycles. The van der Waals surface area contributed by atoms with Crippen molar-refractivity contribution in [3.63, 3.8) is 0 Å². The van der Waals surface area contributed by atoms with Crippen molar-refractivity contribution < 1.29 is 37.0 Å². The Labute approximate surface area is 169 Å². The van der Waals surface area contributed by atoms with Gasteiger partial charge in [-0.2, -0.15) is 13.2 Å². The van der Waals surface area contributed by atoms with Crippen LogP contribution in [-0.4, -0.2) is 55.0 Å². The Hall–Kier alpha value is -2.36. The molecule has 1 N–H and O–H groups in total. The minimum atomic E-state index is -4.46. The summed E-state index contributed by atoms with van der Waals surface area (Å²) in [6.07, 6.45) is -4.36. The van der Waals surface area contributed by atoms with Gasteiger partial charge in [-0.3, -0.25) is 0 Å².